The minimum atomic E-state index is -3.68. The van der Waals surface area contributed by atoms with Crippen LogP contribution in [0.3, 0.4) is 0 Å². The second-order valence-electron chi connectivity index (χ2n) is 6.30. The zero-order valence-corrected chi connectivity index (χ0v) is 15.5. The average Bonchev–Trinajstić information content (AvgIpc) is 2.73. The minimum absolute atomic E-state index is 0.113. The summed E-state index contributed by atoms with van der Waals surface area (Å²) in [5.74, 6) is 2.03. The summed E-state index contributed by atoms with van der Waals surface area (Å²) in [5.41, 5.74) is 0. The quantitative estimate of drug-likeness (QED) is 0.814. The standard InChI is InChI=1S/C18H21N3O5S/c22-27(23,15-5-6-18(19-12-15)21-7-9-24-10-8-21)20-11-14-13-25-16-3-1-2-4-17(16)26-14/h1-6,12,14,20H,7-11,13H2/t14-/m0/s1. The lowest BCUT2D eigenvalue weighted by Gasteiger charge is -2.28. The van der Waals surface area contributed by atoms with E-state index >= 15 is 0 Å². The first-order chi connectivity index (χ1) is 13.1. The monoisotopic (exact) mass is 391 g/mol. The number of nitrogens with zero attached hydrogens (tertiary/aromatic N) is 2. The molecule has 1 N–H and O–H groups in total. The normalized spacial score (nSPS) is 19.7. The summed E-state index contributed by atoms with van der Waals surface area (Å²) in [7, 11) is -3.68. The van der Waals surface area contributed by atoms with E-state index in [0.29, 0.717) is 24.7 Å². The largest absolute Gasteiger partial charge is 0.486 e. The van der Waals surface area contributed by atoms with Crippen molar-refractivity contribution in [2.45, 2.75) is 11.0 Å². The van der Waals surface area contributed by atoms with E-state index in [1.54, 1.807) is 18.2 Å². The third-order valence-corrected chi connectivity index (χ3v) is 5.84. The van der Waals surface area contributed by atoms with E-state index in [0.717, 1.165) is 18.9 Å². The van der Waals surface area contributed by atoms with Crippen LogP contribution >= 0.6 is 0 Å². The van der Waals surface area contributed by atoms with Crippen LogP contribution in [0.1, 0.15) is 0 Å². The predicted octanol–water partition coefficient (Wildman–Crippen LogP) is 1.04. The fourth-order valence-corrected chi connectivity index (χ4v) is 3.97. The molecule has 1 fully saturated rings. The number of anilines is 1. The molecule has 2 aliphatic rings. The second-order valence-corrected chi connectivity index (χ2v) is 8.07. The third kappa shape index (κ3) is 4.15. The molecule has 144 valence electrons. The molecule has 0 aliphatic carbocycles. The van der Waals surface area contributed by atoms with Gasteiger partial charge in [0.25, 0.3) is 0 Å². The molecule has 1 atom stereocenters. The van der Waals surface area contributed by atoms with Crippen molar-refractivity contribution in [3.8, 4) is 11.5 Å². The lowest BCUT2D eigenvalue weighted by molar-refractivity contribution is 0.0943. The van der Waals surface area contributed by atoms with Gasteiger partial charge >= 0.3 is 0 Å². The van der Waals surface area contributed by atoms with Crippen molar-refractivity contribution in [2.75, 3.05) is 44.4 Å². The summed E-state index contributed by atoms with van der Waals surface area (Å²) in [6.07, 6.45) is 0.982. The number of para-hydroxylation sites is 2. The van der Waals surface area contributed by atoms with E-state index in [9.17, 15) is 8.42 Å². The maximum atomic E-state index is 12.5. The first kappa shape index (κ1) is 18.0. The number of pyridine rings is 1. The van der Waals surface area contributed by atoms with Gasteiger partial charge in [0.2, 0.25) is 10.0 Å². The fraction of sp³-hybridized carbons (Fsp3) is 0.389. The van der Waals surface area contributed by atoms with Crippen molar-refractivity contribution >= 4 is 15.8 Å². The smallest absolute Gasteiger partial charge is 0.242 e. The first-order valence-electron chi connectivity index (χ1n) is 8.79. The highest BCUT2D eigenvalue weighted by Crippen LogP contribution is 2.30. The molecule has 3 heterocycles. The molecule has 8 nitrogen and oxygen atoms in total. The summed E-state index contributed by atoms with van der Waals surface area (Å²) < 4.78 is 44.3. The highest BCUT2D eigenvalue weighted by atomic mass is 32.2. The topological polar surface area (TPSA) is 90.0 Å². The van der Waals surface area contributed by atoms with Crippen molar-refractivity contribution in [2.24, 2.45) is 0 Å². The molecular weight excluding hydrogens is 370 g/mol. The molecule has 1 aromatic heterocycles. The van der Waals surface area contributed by atoms with Gasteiger partial charge in [-0.1, -0.05) is 12.1 Å². The molecule has 0 amide bonds. The molecule has 1 aromatic carbocycles. The van der Waals surface area contributed by atoms with Crippen LogP contribution in [0.25, 0.3) is 0 Å². The van der Waals surface area contributed by atoms with E-state index in [1.807, 2.05) is 18.2 Å². The Morgan fingerprint density at radius 1 is 1.11 bits per heavy atom. The molecule has 0 bridgehead atoms. The van der Waals surface area contributed by atoms with E-state index in [2.05, 4.69) is 14.6 Å². The van der Waals surface area contributed by atoms with Crippen LogP contribution in [0.5, 0.6) is 11.5 Å². The van der Waals surface area contributed by atoms with Crippen LogP contribution < -0.4 is 19.1 Å². The first-order valence-corrected chi connectivity index (χ1v) is 10.3. The number of aromatic nitrogens is 1. The molecule has 0 spiro atoms. The Labute approximate surface area is 158 Å². The van der Waals surface area contributed by atoms with Crippen molar-refractivity contribution in [1.29, 1.82) is 0 Å². The molecule has 4 rings (SSSR count). The molecule has 0 radical (unpaired) electrons. The van der Waals surface area contributed by atoms with Gasteiger partial charge < -0.3 is 19.1 Å². The van der Waals surface area contributed by atoms with Crippen LogP contribution in [0.15, 0.2) is 47.5 Å². The Bertz CT molecular complexity index is 882. The number of hydrogen-bond acceptors (Lipinski definition) is 7. The van der Waals surface area contributed by atoms with Crippen LogP contribution in [0, 0.1) is 0 Å². The zero-order valence-electron chi connectivity index (χ0n) is 14.7. The maximum absolute atomic E-state index is 12.5. The van der Waals surface area contributed by atoms with E-state index in [1.165, 1.54) is 6.20 Å². The Morgan fingerprint density at radius 3 is 2.63 bits per heavy atom. The molecule has 27 heavy (non-hydrogen) atoms. The Morgan fingerprint density at radius 2 is 1.89 bits per heavy atom. The maximum Gasteiger partial charge on any atom is 0.242 e. The Hall–Kier alpha value is -2.36. The highest BCUT2D eigenvalue weighted by Gasteiger charge is 2.24. The molecule has 9 heteroatoms. The lowest BCUT2D eigenvalue weighted by atomic mass is 10.2. The zero-order chi connectivity index (χ0) is 18.7. The number of benzene rings is 1. The molecular formula is C18H21N3O5S. The van der Waals surface area contributed by atoms with Crippen molar-refractivity contribution in [3.63, 3.8) is 0 Å². The Balaban J connectivity index is 1.37. The third-order valence-electron chi connectivity index (χ3n) is 4.43. The van der Waals surface area contributed by atoms with Gasteiger partial charge in [0.05, 0.1) is 19.8 Å². The minimum Gasteiger partial charge on any atom is -0.486 e. The van der Waals surface area contributed by atoms with Crippen LogP contribution in [-0.2, 0) is 14.8 Å². The predicted molar refractivity (Wildman–Crippen MR) is 98.8 cm³/mol. The summed E-state index contributed by atoms with van der Waals surface area (Å²) in [5, 5.41) is 0. The number of morpholine rings is 1. The summed E-state index contributed by atoms with van der Waals surface area (Å²) in [4.78, 5) is 6.48. The number of sulfonamides is 1. The highest BCUT2D eigenvalue weighted by molar-refractivity contribution is 7.89. The number of nitrogens with one attached hydrogen (secondary N) is 1. The molecule has 2 aliphatic heterocycles. The van der Waals surface area contributed by atoms with Crippen molar-refractivity contribution in [1.82, 2.24) is 9.71 Å². The van der Waals surface area contributed by atoms with Gasteiger partial charge in [-0.2, -0.15) is 0 Å². The molecule has 0 saturated carbocycles. The van der Waals surface area contributed by atoms with Gasteiger partial charge in [-0.15, -0.1) is 0 Å². The average molecular weight is 391 g/mol. The number of hydrogen-bond donors (Lipinski definition) is 1. The van der Waals surface area contributed by atoms with E-state index < -0.39 is 16.1 Å². The van der Waals surface area contributed by atoms with Crippen molar-refractivity contribution in [3.05, 3.63) is 42.6 Å². The van der Waals surface area contributed by atoms with Gasteiger partial charge in [0, 0.05) is 19.3 Å². The summed E-state index contributed by atoms with van der Waals surface area (Å²) >= 11 is 0. The van der Waals surface area contributed by atoms with E-state index in [-0.39, 0.29) is 18.0 Å². The fourth-order valence-electron chi connectivity index (χ4n) is 2.96. The van der Waals surface area contributed by atoms with Gasteiger partial charge in [-0.3, -0.25) is 0 Å². The second kappa shape index (κ2) is 7.71. The number of fused-ring (bicyclic) bond motifs is 1. The van der Waals surface area contributed by atoms with Gasteiger partial charge in [-0.05, 0) is 24.3 Å². The van der Waals surface area contributed by atoms with Crippen LogP contribution in [0.4, 0.5) is 5.82 Å². The summed E-state index contributed by atoms with van der Waals surface area (Å²) in [6, 6.07) is 10.6. The molecule has 0 unspecified atom stereocenters. The number of ether oxygens (including phenoxy) is 3. The molecule has 1 saturated heterocycles. The van der Waals surface area contributed by atoms with E-state index in [4.69, 9.17) is 14.2 Å². The van der Waals surface area contributed by atoms with Crippen LogP contribution in [-0.4, -0.2) is 59.0 Å². The molecule has 2 aromatic rings. The SMILES string of the molecule is O=S(=O)(NC[C@H]1COc2ccccc2O1)c1ccc(N2CCOCC2)nc1. The van der Waals surface area contributed by atoms with Crippen LogP contribution in [0.2, 0.25) is 0 Å². The van der Waals surface area contributed by atoms with Gasteiger partial charge in [0.1, 0.15) is 23.4 Å². The number of rotatable bonds is 5. The summed E-state index contributed by atoms with van der Waals surface area (Å²) in [6.45, 7) is 3.19. The Kier molecular flexibility index (Phi) is 5.15. The van der Waals surface area contributed by atoms with Gasteiger partial charge in [-0.25, -0.2) is 18.1 Å². The van der Waals surface area contributed by atoms with Crippen molar-refractivity contribution < 1.29 is 22.6 Å². The van der Waals surface area contributed by atoms with Gasteiger partial charge in [0.15, 0.2) is 11.5 Å². The lowest BCUT2D eigenvalue weighted by Crippen LogP contribution is -2.40.